The van der Waals surface area contributed by atoms with Gasteiger partial charge in [0, 0.05) is 102 Å². The summed E-state index contributed by atoms with van der Waals surface area (Å²) in [5, 5.41) is 2.96. The number of likely N-dealkylation sites (N-methyl/N-ethyl adjacent to an activating group) is 1. The summed E-state index contributed by atoms with van der Waals surface area (Å²) in [4.78, 5) is 82.1. The minimum Gasteiger partial charge on any atom is -0.491 e. The Morgan fingerprint density at radius 1 is 0.500 bits per heavy atom. The van der Waals surface area contributed by atoms with Crippen LogP contribution in [-0.4, -0.2) is 236 Å². The molecule has 21 nitrogen and oxygen atoms in total. The van der Waals surface area contributed by atoms with E-state index >= 15 is 0 Å². The van der Waals surface area contributed by atoms with Gasteiger partial charge in [0.1, 0.15) is 40.8 Å². The first-order valence-electron chi connectivity index (χ1n) is 28.1. The van der Waals surface area contributed by atoms with E-state index in [-0.39, 0.29) is 50.0 Å². The van der Waals surface area contributed by atoms with E-state index in [4.69, 9.17) is 38.4 Å². The van der Waals surface area contributed by atoms with E-state index in [1.807, 2.05) is 118 Å². The van der Waals surface area contributed by atoms with E-state index in [0.717, 1.165) is 76.8 Å². The molecule has 4 heterocycles. The summed E-state index contributed by atoms with van der Waals surface area (Å²) >= 11 is 0. The van der Waals surface area contributed by atoms with E-state index < -0.39 is 16.8 Å². The highest BCUT2D eigenvalue weighted by Crippen LogP contribution is 2.29. The maximum atomic E-state index is 13.4. The monoisotopic (exact) mass is 1110 g/mol. The number of rotatable bonds is 21. The normalized spacial score (nSPS) is 16.6. The number of ether oxygens (including phenoxy) is 6. The predicted molar refractivity (Wildman–Crippen MR) is 310 cm³/mol. The second-order valence-corrected chi connectivity index (χ2v) is 23.7. The SMILES string of the molecule is CN1CCN(c2ccc3nc(-c4ccc5nc(-c6ccc(OCCOCCOCCNC(=O)CN7CCN(CC(=O)OC(C)(C)C)CCN(CC(=O)OC(C)(C)C)CCN(CC(=O)OC(C)(C)C)CC7)cc6)[nH]c5c4)[nH]c3c2)CC1. The van der Waals surface area contributed by atoms with Gasteiger partial charge in [0.15, 0.2) is 0 Å². The van der Waals surface area contributed by atoms with Crippen molar-refractivity contribution >= 4 is 51.6 Å². The zero-order valence-corrected chi connectivity index (χ0v) is 49.0. The molecule has 438 valence electrons. The Hall–Kier alpha value is -6.20. The second kappa shape index (κ2) is 28.5. The van der Waals surface area contributed by atoms with Crippen molar-refractivity contribution in [1.82, 2.24) is 49.8 Å². The van der Waals surface area contributed by atoms with Crippen LogP contribution in [0, 0.1) is 0 Å². The molecule has 0 atom stereocenters. The lowest BCUT2D eigenvalue weighted by atomic mass is 10.2. The van der Waals surface area contributed by atoms with Crippen molar-refractivity contribution < 1.29 is 47.6 Å². The van der Waals surface area contributed by atoms with Gasteiger partial charge in [-0.2, -0.15) is 0 Å². The molecule has 0 spiro atoms. The minimum atomic E-state index is -0.655. The number of anilines is 1. The van der Waals surface area contributed by atoms with E-state index in [0.29, 0.717) is 91.9 Å². The minimum absolute atomic E-state index is 0.0446. The molecule has 0 bridgehead atoms. The standard InChI is InChI=1S/C59H87N11O10/c1-57(2,3)78-52(72)40-67-24-22-66(23-25-68(41-53(73)79-58(4,5)6)27-29-69(28-26-67)42-54(74)80-59(7,8)9)39-51(71)60-19-32-75-33-34-76-35-36-77-46-15-11-43(12-16-46)55-61-47-17-13-44(37-49(47)63-55)56-62-48-18-14-45(38-50(48)64-56)70-30-20-65(10)21-31-70/h11-18,37-38H,19-36,39-42H2,1-10H3,(H,60,71)(H,61,63)(H,62,64). The van der Waals surface area contributed by atoms with Gasteiger partial charge in [0.2, 0.25) is 5.91 Å². The van der Waals surface area contributed by atoms with Gasteiger partial charge in [0.25, 0.3) is 0 Å². The van der Waals surface area contributed by atoms with E-state index in [9.17, 15) is 19.2 Å². The summed E-state index contributed by atoms with van der Waals surface area (Å²) < 4.78 is 34.5. The molecule has 1 amide bonds. The molecule has 5 aromatic rings. The van der Waals surface area contributed by atoms with Crippen LogP contribution in [0.25, 0.3) is 44.8 Å². The number of carbonyl (C=O) groups is 4. The summed E-state index contributed by atoms with van der Waals surface area (Å²) in [7, 11) is 2.17. The van der Waals surface area contributed by atoms with Gasteiger partial charge in [-0.1, -0.05) is 0 Å². The Kier molecular flexibility index (Phi) is 21.9. The molecule has 0 unspecified atom stereocenters. The van der Waals surface area contributed by atoms with Crippen LogP contribution < -0.4 is 15.0 Å². The highest BCUT2D eigenvalue weighted by atomic mass is 16.6. The number of amides is 1. The molecular formula is C59H87N11O10. The zero-order chi connectivity index (χ0) is 57.5. The fourth-order valence-corrected chi connectivity index (χ4v) is 9.34. The Labute approximate surface area is 471 Å². The van der Waals surface area contributed by atoms with Crippen LogP contribution in [-0.2, 0) is 42.9 Å². The number of carbonyl (C=O) groups excluding carboxylic acids is 4. The molecule has 2 aromatic heterocycles. The van der Waals surface area contributed by atoms with E-state index in [1.54, 1.807) is 0 Å². The molecule has 0 saturated carbocycles. The average molecular weight is 1110 g/mol. The summed E-state index contributed by atoms with van der Waals surface area (Å²) in [6, 6.07) is 20.4. The predicted octanol–water partition coefficient (Wildman–Crippen LogP) is 5.30. The van der Waals surface area contributed by atoms with Crippen molar-refractivity contribution in [3.05, 3.63) is 60.7 Å². The molecule has 3 aromatic carbocycles. The number of benzene rings is 3. The number of imidazole rings is 2. The van der Waals surface area contributed by atoms with Crippen LogP contribution in [0.2, 0.25) is 0 Å². The molecule has 7 rings (SSSR count). The number of hydrogen-bond acceptors (Lipinski definition) is 18. The van der Waals surface area contributed by atoms with Crippen molar-refractivity contribution in [2.75, 3.05) is 156 Å². The van der Waals surface area contributed by atoms with Gasteiger partial charge >= 0.3 is 17.9 Å². The van der Waals surface area contributed by atoms with Crippen LogP contribution in [0.4, 0.5) is 5.69 Å². The van der Waals surface area contributed by atoms with Gasteiger partial charge in [-0.05, 0) is 130 Å². The molecule has 3 N–H and O–H groups in total. The lowest BCUT2D eigenvalue weighted by Gasteiger charge is -2.34. The number of nitrogens with one attached hydrogen (secondary N) is 3. The molecular weight excluding hydrogens is 1020 g/mol. The van der Waals surface area contributed by atoms with Crippen molar-refractivity contribution in [2.45, 2.75) is 79.1 Å². The maximum Gasteiger partial charge on any atom is 0.320 e. The Bertz CT molecular complexity index is 2740. The number of aromatic amines is 2. The fraction of sp³-hybridized carbons (Fsp3) is 0.593. The van der Waals surface area contributed by atoms with Crippen LogP contribution in [0.15, 0.2) is 60.7 Å². The van der Waals surface area contributed by atoms with Gasteiger partial charge < -0.3 is 53.5 Å². The molecule has 2 saturated heterocycles. The highest BCUT2D eigenvalue weighted by Gasteiger charge is 2.27. The van der Waals surface area contributed by atoms with E-state index in [1.165, 1.54) is 5.69 Å². The highest BCUT2D eigenvalue weighted by molar-refractivity contribution is 5.87. The summed E-state index contributed by atoms with van der Waals surface area (Å²) in [5.74, 6) is 1.05. The third kappa shape index (κ3) is 20.7. The molecule has 0 radical (unpaired) electrons. The van der Waals surface area contributed by atoms with Crippen LogP contribution >= 0.6 is 0 Å². The number of aromatic nitrogens is 4. The third-order valence-corrected chi connectivity index (χ3v) is 13.3. The largest absolute Gasteiger partial charge is 0.491 e. The van der Waals surface area contributed by atoms with Crippen molar-refractivity contribution in [3.63, 3.8) is 0 Å². The van der Waals surface area contributed by atoms with Crippen LogP contribution in [0.1, 0.15) is 62.3 Å². The topological polar surface area (TPSA) is 212 Å². The number of nitrogens with zero attached hydrogens (tertiary/aromatic N) is 8. The second-order valence-electron chi connectivity index (χ2n) is 23.7. The molecule has 2 fully saturated rings. The lowest BCUT2D eigenvalue weighted by molar-refractivity contribution is -0.158. The van der Waals surface area contributed by atoms with Crippen molar-refractivity contribution in [2.24, 2.45) is 0 Å². The number of esters is 3. The number of fused-ring (bicyclic) bond motifs is 2. The van der Waals surface area contributed by atoms with E-state index in [2.05, 4.69) is 56.4 Å². The van der Waals surface area contributed by atoms with Crippen molar-refractivity contribution in [3.8, 4) is 28.5 Å². The number of H-pyrrole nitrogens is 2. The van der Waals surface area contributed by atoms with Crippen LogP contribution in [0.5, 0.6) is 5.75 Å². The van der Waals surface area contributed by atoms with Gasteiger partial charge in [-0.3, -0.25) is 38.8 Å². The number of piperazine rings is 1. The van der Waals surface area contributed by atoms with Gasteiger partial charge in [-0.15, -0.1) is 0 Å². The quantitative estimate of drug-likeness (QED) is 0.0483. The summed E-state index contributed by atoms with van der Waals surface area (Å²) in [6.45, 7) is 26.6. The summed E-state index contributed by atoms with van der Waals surface area (Å²) in [6.07, 6.45) is 0. The first-order valence-corrected chi connectivity index (χ1v) is 28.1. The Balaban J connectivity index is 0.822. The Morgan fingerprint density at radius 2 is 0.925 bits per heavy atom. The van der Waals surface area contributed by atoms with Crippen LogP contribution in [0.3, 0.4) is 0 Å². The molecule has 2 aliphatic heterocycles. The third-order valence-electron chi connectivity index (χ3n) is 13.3. The van der Waals surface area contributed by atoms with Gasteiger partial charge in [-0.25, -0.2) is 9.97 Å². The zero-order valence-electron chi connectivity index (χ0n) is 49.0. The van der Waals surface area contributed by atoms with Gasteiger partial charge in [0.05, 0.1) is 74.7 Å². The van der Waals surface area contributed by atoms with Crippen molar-refractivity contribution in [1.29, 1.82) is 0 Å². The average Bonchev–Trinajstić information content (AvgIpc) is 4.01. The summed E-state index contributed by atoms with van der Waals surface area (Å²) in [5.41, 5.74) is 4.92. The molecule has 0 aliphatic carbocycles. The fourth-order valence-electron chi connectivity index (χ4n) is 9.34. The lowest BCUT2D eigenvalue weighted by Crippen LogP contribution is -2.50. The molecule has 21 heteroatoms. The Morgan fingerprint density at radius 3 is 1.43 bits per heavy atom. The molecule has 2 aliphatic rings. The molecule has 80 heavy (non-hydrogen) atoms. The first kappa shape index (κ1) is 61.4. The number of hydrogen-bond donors (Lipinski definition) is 3. The maximum absolute atomic E-state index is 13.4. The first-order chi connectivity index (χ1) is 38.0. The smallest absolute Gasteiger partial charge is 0.320 e.